The van der Waals surface area contributed by atoms with Crippen LogP contribution in [0.3, 0.4) is 0 Å². The third-order valence-corrected chi connectivity index (χ3v) is 3.40. The highest BCUT2D eigenvalue weighted by Crippen LogP contribution is 2.15. The van der Waals surface area contributed by atoms with Crippen LogP contribution < -0.4 is 4.74 Å². The van der Waals surface area contributed by atoms with Crippen molar-refractivity contribution in [1.29, 1.82) is 0 Å². The molecule has 0 unspecified atom stereocenters. The highest BCUT2D eigenvalue weighted by molar-refractivity contribution is 6.30. The van der Waals surface area contributed by atoms with Crippen LogP contribution in [0.25, 0.3) is 0 Å². The zero-order chi connectivity index (χ0) is 14.5. The van der Waals surface area contributed by atoms with E-state index in [1.165, 1.54) is 0 Å². The summed E-state index contributed by atoms with van der Waals surface area (Å²) < 4.78 is 7.66. The molecule has 0 aliphatic rings. The Hall–Kier alpha value is -1.59. The molecule has 0 radical (unpaired) electrons. The molecule has 0 N–H and O–H groups in total. The van der Waals surface area contributed by atoms with Crippen molar-refractivity contribution in [3.8, 4) is 5.75 Å². The first kappa shape index (κ1) is 14.8. The van der Waals surface area contributed by atoms with Crippen molar-refractivity contribution in [2.24, 2.45) is 7.05 Å². The van der Waals surface area contributed by atoms with Gasteiger partial charge in [0.05, 0.1) is 6.54 Å². The van der Waals surface area contributed by atoms with Gasteiger partial charge in [0.1, 0.15) is 24.0 Å². The number of rotatable bonds is 6. The number of hydrogen-bond acceptors (Lipinski definition) is 4. The van der Waals surface area contributed by atoms with Crippen LogP contribution in [0, 0.1) is 6.92 Å². The normalized spacial score (nSPS) is 11.1. The molecular weight excluding hydrogens is 276 g/mol. The zero-order valence-electron chi connectivity index (χ0n) is 12.0. The fraction of sp³-hybridized carbons (Fsp3) is 0.429. The average molecular weight is 295 g/mol. The van der Waals surface area contributed by atoms with Crippen molar-refractivity contribution in [3.63, 3.8) is 0 Å². The molecule has 0 fully saturated rings. The van der Waals surface area contributed by atoms with E-state index in [0.29, 0.717) is 11.6 Å². The molecule has 0 aliphatic heterocycles. The minimum absolute atomic E-state index is 0.620. The van der Waals surface area contributed by atoms with E-state index in [9.17, 15) is 0 Å². The van der Waals surface area contributed by atoms with E-state index in [2.05, 4.69) is 15.1 Å². The Labute approximate surface area is 124 Å². The van der Waals surface area contributed by atoms with E-state index in [1.807, 2.05) is 49.9 Å². The average Bonchev–Trinajstić information content (AvgIpc) is 2.73. The number of ether oxygens (including phenoxy) is 1. The lowest BCUT2D eigenvalue weighted by Gasteiger charge is -2.16. The first-order valence-corrected chi connectivity index (χ1v) is 6.86. The maximum Gasteiger partial charge on any atom is 0.146 e. The predicted molar refractivity (Wildman–Crippen MR) is 79.0 cm³/mol. The molecule has 20 heavy (non-hydrogen) atoms. The summed E-state index contributed by atoms with van der Waals surface area (Å²) in [5.74, 6) is 2.71. The Morgan fingerprint density at radius 1 is 1.25 bits per heavy atom. The van der Waals surface area contributed by atoms with Gasteiger partial charge in [-0.25, -0.2) is 0 Å². The Morgan fingerprint density at radius 2 is 1.95 bits per heavy atom. The van der Waals surface area contributed by atoms with E-state index in [4.69, 9.17) is 16.3 Å². The molecule has 0 atom stereocenters. The monoisotopic (exact) mass is 294 g/mol. The number of hydrogen-bond donors (Lipinski definition) is 0. The van der Waals surface area contributed by atoms with Gasteiger partial charge in [0, 0.05) is 18.6 Å². The molecule has 2 aromatic rings. The number of aromatic nitrogens is 3. The number of nitrogens with zero attached hydrogens (tertiary/aromatic N) is 4. The maximum atomic E-state index is 5.82. The number of likely N-dealkylation sites (N-methyl/N-ethyl adjacent to an activating group) is 1. The van der Waals surface area contributed by atoms with E-state index < -0.39 is 0 Å². The molecule has 2 rings (SSSR count). The van der Waals surface area contributed by atoms with E-state index in [0.717, 1.165) is 30.5 Å². The second-order valence-corrected chi connectivity index (χ2v) is 5.20. The molecule has 0 aliphatic carbocycles. The van der Waals surface area contributed by atoms with Crippen LogP contribution in [-0.2, 0) is 13.6 Å². The SMILES string of the molecule is Cc1nnc(CN(C)CCOc2ccc(Cl)cc2)n1C. The first-order chi connectivity index (χ1) is 9.56. The smallest absolute Gasteiger partial charge is 0.146 e. The Morgan fingerprint density at radius 3 is 2.55 bits per heavy atom. The summed E-state index contributed by atoms with van der Waals surface area (Å²) in [6.07, 6.45) is 0. The lowest BCUT2D eigenvalue weighted by atomic mass is 10.3. The Kier molecular flexibility index (Phi) is 4.98. The molecule has 0 amide bonds. The summed E-state index contributed by atoms with van der Waals surface area (Å²) in [7, 11) is 4.01. The van der Waals surface area contributed by atoms with E-state index >= 15 is 0 Å². The third kappa shape index (κ3) is 3.95. The van der Waals surface area contributed by atoms with Gasteiger partial charge in [0.15, 0.2) is 0 Å². The largest absolute Gasteiger partial charge is 0.492 e. The second-order valence-electron chi connectivity index (χ2n) is 4.76. The Bertz CT molecular complexity index is 553. The summed E-state index contributed by atoms with van der Waals surface area (Å²) in [4.78, 5) is 2.15. The molecule has 0 bridgehead atoms. The number of halogens is 1. The van der Waals surface area contributed by atoms with Crippen LogP contribution >= 0.6 is 11.6 Å². The van der Waals surface area contributed by atoms with Crippen molar-refractivity contribution in [1.82, 2.24) is 19.7 Å². The predicted octanol–water partition coefficient (Wildman–Crippen LogP) is 2.29. The van der Waals surface area contributed by atoms with Crippen LogP contribution in [-0.4, -0.2) is 39.9 Å². The topological polar surface area (TPSA) is 43.2 Å². The molecule has 5 nitrogen and oxygen atoms in total. The molecule has 1 heterocycles. The van der Waals surface area contributed by atoms with Gasteiger partial charge < -0.3 is 9.30 Å². The minimum Gasteiger partial charge on any atom is -0.492 e. The van der Waals surface area contributed by atoms with E-state index in [1.54, 1.807) is 0 Å². The van der Waals surface area contributed by atoms with Crippen LogP contribution in [0.4, 0.5) is 0 Å². The fourth-order valence-corrected chi connectivity index (χ4v) is 1.89. The van der Waals surface area contributed by atoms with Crippen molar-refractivity contribution >= 4 is 11.6 Å². The van der Waals surface area contributed by atoms with Gasteiger partial charge in [-0.1, -0.05) is 11.6 Å². The number of benzene rings is 1. The van der Waals surface area contributed by atoms with Crippen LogP contribution in [0.2, 0.25) is 5.02 Å². The fourth-order valence-electron chi connectivity index (χ4n) is 1.76. The summed E-state index contributed by atoms with van der Waals surface area (Å²) in [6, 6.07) is 7.38. The van der Waals surface area contributed by atoms with Crippen LogP contribution in [0.15, 0.2) is 24.3 Å². The van der Waals surface area contributed by atoms with Crippen molar-refractivity contribution in [2.45, 2.75) is 13.5 Å². The number of aryl methyl sites for hydroxylation is 1. The van der Waals surface area contributed by atoms with Gasteiger partial charge in [-0.15, -0.1) is 10.2 Å². The lowest BCUT2D eigenvalue weighted by molar-refractivity contribution is 0.228. The van der Waals surface area contributed by atoms with E-state index in [-0.39, 0.29) is 0 Å². The minimum atomic E-state index is 0.620. The van der Waals surface area contributed by atoms with Gasteiger partial charge in [0.2, 0.25) is 0 Å². The molecule has 0 spiro atoms. The second kappa shape index (κ2) is 6.72. The highest BCUT2D eigenvalue weighted by atomic mass is 35.5. The highest BCUT2D eigenvalue weighted by Gasteiger charge is 2.08. The summed E-state index contributed by atoms with van der Waals surface area (Å²) in [5, 5.41) is 8.91. The molecule has 0 saturated carbocycles. The van der Waals surface area contributed by atoms with Crippen molar-refractivity contribution < 1.29 is 4.74 Å². The van der Waals surface area contributed by atoms with Crippen molar-refractivity contribution in [2.75, 3.05) is 20.2 Å². The Balaban J connectivity index is 1.76. The van der Waals surface area contributed by atoms with Crippen molar-refractivity contribution in [3.05, 3.63) is 40.9 Å². The maximum absolute atomic E-state index is 5.82. The molecule has 1 aromatic carbocycles. The van der Waals surface area contributed by atoms with Gasteiger partial charge in [-0.3, -0.25) is 4.90 Å². The molecular formula is C14H19ClN4O. The molecule has 108 valence electrons. The lowest BCUT2D eigenvalue weighted by Crippen LogP contribution is -2.25. The summed E-state index contributed by atoms with van der Waals surface area (Å²) in [5.41, 5.74) is 0. The molecule has 1 aromatic heterocycles. The zero-order valence-corrected chi connectivity index (χ0v) is 12.8. The molecule has 6 heteroatoms. The van der Waals surface area contributed by atoms with Crippen LogP contribution in [0.5, 0.6) is 5.75 Å². The van der Waals surface area contributed by atoms with Gasteiger partial charge in [-0.2, -0.15) is 0 Å². The summed E-state index contributed by atoms with van der Waals surface area (Å²) >= 11 is 5.82. The van der Waals surface area contributed by atoms with Gasteiger partial charge in [-0.05, 0) is 38.2 Å². The van der Waals surface area contributed by atoms with Crippen LogP contribution in [0.1, 0.15) is 11.6 Å². The molecule has 0 saturated heterocycles. The van der Waals surface area contributed by atoms with Gasteiger partial charge in [0.25, 0.3) is 0 Å². The van der Waals surface area contributed by atoms with Gasteiger partial charge >= 0.3 is 0 Å². The third-order valence-electron chi connectivity index (χ3n) is 3.15. The standard InChI is InChI=1S/C14H19ClN4O/c1-11-16-17-14(19(11)3)10-18(2)8-9-20-13-6-4-12(15)5-7-13/h4-7H,8-10H2,1-3H3. The summed E-state index contributed by atoms with van der Waals surface area (Å²) in [6.45, 7) is 4.13. The first-order valence-electron chi connectivity index (χ1n) is 6.48. The quantitative estimate of drug-likeness (QED) is 0.820.